The summed E-state index contributed by atoms with van der Waals surface area (Å²) in [6, 6.07) is -0.115. The first-order valence-corrected chi connectivity index (χ1v) is 7.56. The summed E-state index contributed by atoms with van der Waals surface area (Å²) < 4.78 is 0. The van der Waals surface area contributed by atoms with E-state index >= 15 is 0 Å². The van der Waals surface area contributed by atoms with Crippen LogP contribution in [0.1, 0.15) is 46.5 Å². The Balaban J connectivity index is 2.39. The molecular weight excluding hydrogens is 238 g/mol. The van der Waals surface area contributed by atoms with E-state index in [-0.39, 0.29) is 17.5 Å². The third-order valence-electron chi connectivity index (χ3n) is 4.30. The van der Waals surface area contributed by atoms with E-state index in [0.29, 0.717) is 5.92 Å². The number of carbonyl (C=O) groups excluding carboxylic acids is 1. The number of nitrogens with zero attached hydrogens (tertiary/aromatic N) is 1. The molecule has 0 aromatic heterocycles. The minimum absolute atomic E-state index is 0.112. The number of carbonyl (C=O) groups is 1. The quantitative estimate of drug-likeness (QED) is 0.738. The summed E-state index contributed by atoms with van der Waals surface area (Å²) >= 11 is 0. The fourth-order valence-electron chi connectivity index (χ4n) is 2.71. The lowest BCUT2D eigenvalue weighted by Crippen LogP contribution is -2.54. The van der Waals surface area contributed by atoms with Gasteiger partial charge in [-0.1, -0.05) is 26.7 Å². The van der Waals surface area contributed by atoms with E-state index in [1.54, 1.807) is 0 Å². The Bertz CT molecular complexity index is 283. The zero-order valence-corrected chi connectivity index (χ0v) is 13.3. The summed E-state index contributed by atoms with van der Waals surface area (Å²) in [6.07, 6.45) is 5.06. The third kappa shape index (κ3) is 4.77. The number of amides is 1. The smallest absolute Gasteiger partial charge is 0.236 e. The number of rotatable bonds is 7. The zero-order chi connectivity index (χ0) is 14.5. The molecule has 0 saturated heterocycles. The molecule has 19 heavy (non-hydrogen) atoms. The molecule has 0 spiro atoms. The first kappa shape index (κ1) is 16.4. The molecule has 0 radical (unpaired) electrons. The largest absolute Gasteiger partial charge is 0.354 e. The first-order chi connectivity index (χ1) is 8.87. The zero-order valence-electron chi connectivity index (χ0n) is 13.3. The summed E-state index contributed by atoms with van der Waals surface area (Å²) in [4.78, 5) is 14.3. The van der Waals surface area contributed by atoms with E-state index in [9.17, 15) is 4.79 Å². The fourth-order valence-corrected chi connectivity index (χ4v) is 2.71. The maximum absolute atomic E-state index is 11.9. The number of hydrogen-bond donors (Lipinski definition) is 2. The first-order valence-electron chi connectivity index (χ1n) is 7.56. The fraction of sp³-hybridized carbons (Fsp3) is 0.933. The summed E-state index contributed by atoms with van der Waals surface area (Å²) in [7, 11) is 4.30. The highest BCUT2D eigenvalue weighted by Crippen LogP contribution is 2.33. The van der Waals surface area contributed by atoms with Crippen molar-refractivity contribution in [2.24, 2.45) is 5.92 Å². The molecule has 0 heterocycles. The van der Waals surface area contributed by atoms with Crippen molar-refractivity contribution in [1.29, 1.82) is 0 Å². The van der Waals surface area contributed by atoms with Gasteiger partial charge in [-0.15, -0.1) is 0 Å². The molecular formula is C15H31N3O. The van der Waals surface area contributed by atoms with Crippen molar-refractivity contribution in [2.75, 3.05) is 27.2 Å². The molecule has 1 aliphatic carbocycles. The van der Waals surface area contributed by atoms with Gasteiger partial charge in [0.15, 0.2) is 0 Å². The van der Waals surface area contributed by atoms with Gasteiger partial charge >= 0.3 is 0 Å². The average molecular weight is 269 g/mol. The number of hydrogen-bond acceptors (Lipinski definition) is 3. The van der Waals surface area contributed by atoms with Crippen molar-refractivity contribution in [3.05, 3.63) is 0 Å². The van der Waals surface area contributed by atoms with Crippen LogP contribution in [0.4, 0.5) is 0 Å². The number of likely N-dealkylation sites (N-methyl/N-ethyl adjacent to an activating group) is 1. The molecule has 1 amide bonds. The highest BCUT2D eigenvalue weighted by molar-refractivity contribution is 5.81. The lowest BCUT2D eigenvalue weighted by Gasteiger charge is -2.37. The molecule has 112 valence electrons. The molecule has 1 aliphatic rings. The Morgan fingerprint density at radius 1 is 1.21 bits per heavy atom. The van der Waals surface area contributed by atoms with E-state index in [4.69, 9.17) is 0 Å². The molecule has 0 aromatic rings. The third-order valence-corrected chi connectivity index (χ3v) is 4.30. The predicted octanol–water partition coefficient (Wildman–Crippen LogP) is 1.61. The molecule has 1 atom stereocenters. The molecule has 0 aromatic carbocycles. The van der Waals surface area contributed by atoms with E-state index in [1.807, 2.05) is 6.92 Å². The van der Waals surface area contributed by atoms with Gasteiger partial charge < -0.3 is 15.5 Å². The summed E-state index contributed by atoms with van der Waals surface area (Å²) in [5.41, 5.74) is 0.243. The van der Waals surface area contributed by atoms with Crippen LogP contribution in [0.15, 0.2) is 0 Å². The molecule has 1 rings (SSSR count). The van der Waals surface area contributed by atoms with Crippen LogP contribution in [0, 0.1) is 5.92 Å². The lowest BCUT2D eigenvalue weighted by atomic mass is 9.95. The SMILES string of the molecule is CC(C)CNC(=O)C(C)NCC1(N(C)C)CCCC1. The maximum Gasteiger partial charge on any atom is 0.236 e. The maximum atomic E-state index is 11.9. The summed E-state index contributed by atoms with van der Waals surface area (Å²) in [5.74, 6) is 0.611. The summed E-state index contributed by atoms with van der Waals surface area (Å²) in [5, 5.41) is 6.40. The second-order valence-corrected chi connectivity index (χ2v) is 6.57. The van der Waals surface area contributed by atoms with Crippen LogP contribution >= 0.6 is 0 Å². The van der Waals surface area contributed by atoms with Gasteiger partial charge in [-0.05, 0) is 39.8 Å². The van der Waals surface area contributed by atoms with Gasteiger partial charge in [0, 0.05) is 18.6 Å². The van der Waals surface area contributed by atoms with E-state index < -0.39 is 0 Å². The highest BCUT2D eigenvalue weighted by atomic mass is 16.2. The Hall–Kier alpha value is -0.610. The van der Waals surface area contributed by atoms with Gasteiger partial charge in [0.2, 0.25) is 5.91 Å². The van der Waals surface area contributed by atoms with Crippen molar-refractivity contribution < 1.29 is 4.79 Å². The van der Waals surface area contributed by atoms with Crippen LogP contribution in [0.2, 0.25) is 0 Å². The standard InChI is InChI=1S/C15H31N3O/c1-12(2)10-16-14(19)13(3)17-11-15(18(4)5)8-6-7-9-15/h12-13,17H,6-11H2,1-5H3,(H,16,19). The highest BCUT2D eigenvalue weighted by Gasteiger charge is 2.36. The van der Waals surface area contributed by atoms with Gasteiger partial charge in [0.25, 0.3) is 0 Å². The van der Waals surface area contributed by atoms with E-state index in [0.717, 1.165) is 13.1 Å². The van der Waals surface area contributed by atoms with Crippen LogP contribution in [0.5, 0.6) is 0 Å². The molecule has 4 nitrogen and oxygen atoms in total. The van der Waals surface area contributed by atoms with Crippen LogP contribution < -0.4 is 10.6 Å². The molecule has 2 N–H and O–H groups in total. The van der Waals surface area contributed by atoms with Crippen molar-refractivity contribution >= 4 is 5.91 Å². The monoisotopic (exact) mass is 269 g/mol. The topological polar surface area (TPSA) is 44.4 Å². The predicted molar refractivity (Wildman–Crippen MR) is 80.2 cm³/mol. The summed E-state index contributed by atoms with van der Waals surface area (Å²) in [6.45, 7) is 7.82. The van der Waals surface area contributed by atoms with Crippen molar-refractivity contribution in [2.45, 2.75) is 58.0 Å². The molecule has 0 bridgehead atoms. The Morgan fingerprint density at radius 3 is 2.26 bits per heavy atom. The van der Waals surface area contributed by atoms with Gasteiger partial charge in [-0.3, -0.25) is 4.79 Å². The Kier molecular flexibility index (Phi) is 6.27. The molecule has 1 saturated carbocycles. The van der Waals surface area contributed by atoms with Gasteiger partial charge in [-0.25, -0.2) is 0 Å². The number of nitrogens with one attached hydrogen (secondary N) is 2. The minimum Gasteiger partial charge on any atom is -0.354 e. The molecule has 1 unspecified atom stereocenters. The second kappa shape index (κ2) is 7.25. The van der Waals surface area contributed by atoms with Crippen molar-refractivity contribution in [3.63, 3.8) is 0 Å². The van der Waals surface area contributed by atoms with Crippen LogP contribution in [-0.2, 0) is 4.79 Å². The van der Waals surface area contributed by atoms with Gasteiger partial charge in [0.1, 0.15) is 0 Å². The lowest BCUT2D eigenvalue weighted by molar-refractivity contribution is -0.123. The van der Waals surface area contributed by atoms with Crippen molar-refractivity contribution in [3.8, 4) is 0 Å². The van der Waals surface area contributed by atoms with Crippen molar-refractivity contribution in [1.82, 2.24) is 15.5 Å². The molecule has 1 fully saturated rings. The molecule has 4 heteroatoms. The van der Waals surface area contributed by atoms with Crippen LogP contribution in [-0.4, -0.2) is 49.6 Å². The Labute approximate surface area is 118 Å². The van der Waals surface area contributed by atoms with E-state index in [1.165, 1.54) is 25.7 Å². The average Bonchev–Trinajstić information content (AvgIpc) is 2.83. The second-order valence-electron chi connectivity index (χ2n) is 6.57. The van der Waals surface area contributed by atoms with Crippen LogP contribution in [0.25, 0.3) is 0 Å². The van der Waals surface area contributed by atoms with Crippen LogP contribution in [0.3, 0.4) is 0 Å². The Morgan fingerprint density at radius 2 is 1.79 bits per heavy atom. The van der Waals surface area contributed by atoms with E-state index in [2.05, 4.69) is 43.5 Å². The van der Waals surface area contributed by atoms with Gasteiger partial charge in [0.05, 0.1) is 6.04 Å². The normalized spacial score (nSPS) is 19.9. The molecule has 0 aliphatic heterocycles. The minimum atomic E-state index is -0.115. The van der Waals surface area contributed by atoms with Gasteiger partial charge in [-0.2, -0.15) is 0 Å².